The van der Waals surface area contributed by atoms with Crippen molar-refractivity contribution in [2.45, 2.75) is 13.0 Å². The Hall–Kier alpha value is -0.980. The molecule has 0 saturated carbocycles. The number of terminal acetylenes is 1. The Kier molecular flexibility index (Phi) is 3.81. The topological polar surface area (TPSA) is 21.3 Å². The Morgan fingerprint density at radius 3 is 3.00 bits per heavy atom. The van der Waals surface area contributed by atoms with E-state index >= 15 is 0 Å². The number of ether oxygens (including phenoxy) is 1. The van der Waals surface area contributed by atoms with Crippen molar-refractivity contribution in [3.63, 3.8) is 0 Å². The molecule has 0 aliphatic carbocycles. The lowest BCUT2D eigenvalue weighted by Crippen LogP contribution is -2.17. The predicted molar refractivity (Wildman–Crippen MR) is 56.1 cm³/mol. The van der Waals surface area contributed by atoms with E-state index in [0.717, 1.165) is 17.2 Å². The maximum absolute atomic E-state index is 5.39. The smallest absolute Gasteiger partial charge is 0.129 e. The zero-order valence-electron chi connectivity index (χ0n) is 7.83. The summed E-state index contributed by atoms with van der Waals surface area (Å²) in [4.78, 5) is 1.13. The van der Waals surface area contributed by atoms with Gasteiger partial charge in [-0.3, -0.25) is 5.32 Å². The second-order valence-corrected chi connectivity index (χ2v) is 3.49. The van der Waals surface area contributed by atoms with E-state index in [4.69, 9.17) is 11.2 Å². The van der Waals surface area contributed by atoms with E-state index in [1.54, 1.807) is 18.4 Å². The van der Waals surface area contributed by atoms with E-state index in [2.05, 4.69) is 11.2 Å². The summed E-state index contributed by atoms with van der Waals surface area (Å²) in [6.45, 7) is 2.91. The summed E-state index contributed by atoms with van der Waals surface area (Å²) in [5.74, 6) is 3.57. The van der Waals surface area contributed by atoms with Crippen LogP contribution in [0, 0.1) is 12.3 Å². The highest BCUT2D eigenvalue weighted by Gasteiger charge is 2.09. The molecule has 13 heavy (non-hydrogen) atoms. The van der Waals surface area contributed by atoms with Gasteiger partial charge in [-0.05, 0) is 12.6 Å². The first-order valence-electron chi connectivity index (χ1n) is 4.13. The van der Waals surface area contributed by atoms with E-state index < -0.39 is 0 Å². The Bertz CT molecular complexity index is 300. The minimum Gasteiger partial charge on any atom is -0.496 e. The molecule has 1 aromatic rings. The monoisotopic (exact) mass is 195 g/mol. The van der Waals surface area contributed by atoms with E-state index in [0.29, 0.717) is 0 Å². The molecule has 1 unspecified atom stereocenters. The minimum absolute atomic E-state index is 0.0129. The number of methoxy groups -OCH3 is 1. The summed E-state index contributed by atoms with van der Waals surface area (Å²) in [5.41, 5.74) is 0. The first-order chi connectivity index (χ1) is 6.31. The summed E-state index contributed by atoms with van der Waals surface area (Å²) in [6.07, 6.45) is 5.39. The molecule has 0 saturated heterocycles. The molecule has 0 bridgehead atoms. The molecule has 0 fully saturated rings. The molecule has 0 spiro atoms. The third-order valence-electron chi connectivity index (χ3n) is 1.69. The number of hydrogen-bond donors (Lipinski definition) is 1. The second kappa shape index (κ2) is 4.90. The van der Waals surface area contributed by atoms with Gasteiger partial charge in [-0.1, -0.05) is 12.8 Å². The Balaban J connectivity index is 2.74. The van der Waals surface area contributed by atoms with Gasteiger partial charge in [0.05, 0.1) is 7.11 Å². The van der Waals surface area contributed by atoms with Gasteiger partial charge in [0.15, 0.2) is 0 Å². The van der Waals surface area contributed by atoms with Crippen LogP contribution >= 0.6 is 11.3 Å². The van der Waals surface area contributed by atoms with Crippen molar-refractivity contribution in [1.82, 2.24) is 5.32 Å². The third-order valence-corrected chi connectivity index (χ3v) is 2.67. The van der Waals surface area contributed by atoms with Crippen molar-refractivity contribution in [3.8, 4) is 18.1 Å². The van der Waals surface area contributed by atoms with Gasteiger partial charge in [0, 0.05) is 10.3 Å². The van der Waals surface area contributed by atoms with Crippen molar-refractivity contribution in [2.24, 2.45) is 0 Å². The summed E-state index contributed by atoms with van der Waals surface area (Å²) < 4.78 is 5.08. The fraction of sp³-hybridized carbons (Fsp3) is 0.400. The van der Waals surface area contributed by atoms with E-state index in [-0.39, 0.29) is 6.04 Å². The summed E-state index contributed by atoms with van der Waals surface area (Å²) in [5, 5.41) is 5.16. The molecule has 1 heterocycles. The average molecular weight is 195 g/mol. The number of hydrogen-bond acceptors (Lipinski definition) is 3. The standard InChI is InChI=1S/C10H13NOS/c1-4-9(11-5-2)10-6-8(12-3)7-13-10/h1,6-7,9,11H,5H2,2-3H3. The number of nitrogens with one attached hydrogen (secondary N) is 1. The van der Waals surface area contributed by atoms with Crippen molar-refractivity contribution in [2.75, 3.05) is 13.7 Å². The van der Waals surface area contributed by atoms with E-state index in [9.17, 15) is 0 Å². The van der Waals surface area contributed by atoms with Crippen molar-refractivity contribution >= 4 is 11.3 Å². The third kappa shape index (κ3) is 2.48. The van der Waals surface area contributed by atoms with Gasteiger partial charge in [-0.25, -0.2) is 0 Å². The van der Waals surface area contributed by atoms with E-state index in [1.807, 2.05) is 18.4 Å². The fourth-order valence-corrected chi connectivity index (χ4v) is 1.93. The lowest BCUT2D eigenvalue weighted by Gasteiger charge is -2.07. The number of rotatable bonds is 4. The van der Waals surface area contributed by atoms with Gasteiger partial charge in [-0.15, -0.1) is 17.8 Å². The highest BCUT2D eigenvalue weighted by Crippen LogP contribution is 2.26. The quantitative estimate of drug-likeness (QED) is 0.742. The maximum Gasteiger partial charge on any atom is 0.129 e. The normalized spacial score (nSPS) is 12.1. The van der Waals surface area contributed by atoms with Crippen molar-refractivity contribution in [1.29, 1.82) is 0 Å². The molecule has 0 aliphatic heterocycles. The van der Waals surface area contributed by atoms with Crippen molar-refractivity contribution in [3.05, 3.63) is 16.3 Å². The average Bonchev–Trinajstić information content (AvgIpc) is 2.62. The molecular weight excluding hydrogens is 182 g/mol. The summed E-state index contributed by atoms with van der Waals surface area (Å²) in [7, 11) is 1.66. The van der Waals surface area contributed by atoms with Crippen LogP contribution in [0.5, 0.6) is 5.75 Å². The maximum atomic E-state index is 5.39. The molecule has 1 N–H and O–H groups in total. The molecule has 0 aliphatic rings. The largest absolute Gasteiger partial charge is 0.496 e. The molecule has 1 rings (SSSR count). The molecule has 3 heteroatoms. The molecular formula is C10H13NOS. The molecule has 2 nitrogen and oxygen atoms in total. The number of thiophene rings is 1. The SMILES string of the molecule is C#CC(NCC)c1cc(OC)cs1. The zero-order chi connectivity index (χ0) is 9.68. The van der Waals surface area contributed by atoms with Crippen LogP contribution in [-0.2, 0) is 0 Å². The Morgan fingerprint density at radius 2 is 2.54 bits per heavy atom. The second-order valence-electron chi connectivity index (χ2n) is 2.55. The van der Waals surface area contributed by atoms with E-state index in [1.165, 1.54) is 0 Å². The molecule has 70 valence electrons. The van der Waals surface area contributed by atoms with Crippen LogP contribution in [0.25, 0.3) is 0 Å². The van der Waals surface area contributed by atoms with Crippen LogP contribution in [0.1, 0.15) is 17.8 Å². The molecule has 0 amide bonds. The minimum atomic E-state index is 0.0129. The van der Waals surface area contributed by atoms with Crippen LogP contribution in [0.15, 0.2) is 11.4 Å². The fourth-order valence-electron chi connectivity index (χ4n) is 1.04. The molecule has 0 aromatic carbocycles. The highest BCUT2D eigenvalue weighted by molar-refractivity contribution is 7.10. The van der Waals surface area contributed by atoms with Crippen LogP contribution in [-0.4, -0.2) is 13.7 Å². The lowest BCUT2D eigenvalue weighted by molar-refractivity contribution is 0.416. The highest BCUT2D eigenvalue weighted by atomic mass is 32.1. The van der Waals surface area contributed by atoms with Gasteiger partial charge < -0.3 is 4.74 Å². The zero-order valence-corrected chi connectivity index (χ0v) is 8.65. The summed E-state index contributed by atoms with van der Waals surface area (Å²) >= 11 is 1.62. The van der Waals surface area contributed by atoms with Gasteiger partial charge in [0.1, 0.15) is 11.8 Å². The van der Waals surface area contributed by atoms with Gasteiger partial charge in [0.25, 0.3) is 0 Å². The first kappa shape index (κ1) is 10.1. The lowest BCUT2D eigenvalue weighted by atomic mass is 10.2. The van der Waals surface area contributed by atoms with Crippen LogP contribution in [0.2, 0.25) is 0 Å². The summed E-state index contributed by atoms with van der Waals surface area (Å²) in [6, 6.07) is 1.98. The predicted octanol–water partition coefficient (Wildman–Crippen LogP) is 2.04. The molecule has 1 aromatic heterocycles. The van der Waals surface area contributed by atoms with Crippen LogP contribution < -0.4 is 10.1 Å². The van der Waals surface area contributed by atoms with Gasteiger partial charge >= 0.3 is 0 Å². The van der Waals surface area contributed by atoms with Gasteiger partial charge in [0.2, 0.25) is 0 Å². The Morgan fingerprint density at radius 1 is 1.77 bits per heavy atom. The Labute approximate surface area is 82.9 Å². The van der Waals surface area contributed by atoms with Crippen LogP contribution in [0.3, 0.4) is 0 Å². The first-order valence-corrected chi connectivity index (χ1v) is 5.01. The molecule has 0 radical (unpaired) electrons. The van der Waals surface area contributed by atoms with Crippen molar-refractivity contribution < 1.29 is 4.74 Å². The molecule has 1 atom stereocenters. The van der Waals surface area contributed by atoms with Crippen LogP contribution in [0.4, 0.5) is 0 Å². The van der Waals surface area contributed by atoms with Gasteiger partial charge in [-0.2, -0.15) is 0 Å².